The van der Waals surface area contributed by atoms with Crippen molar-refractivity contribution in [2.24, 2.45) is 5.92 Å². The van der Waals surface area contributed by atoms with Crippen LogP contribution in [0.25, 0.3) is 0 Å². The number of carbonyl (C=O) groups is 1. The van der Waals surface area contributed by atoms with E-state index in [0.29, 0.717) is 18.3 Å². The third-order valence-electron chi connectivity index (χ3n) is 3.78. The summed E-state index contributed by atoms with van der Waals surface area (Å²) >= 11 is 0. The third kappa shape index (κ3) is 2.92. The van der Waals surface area contributed by atoms with Gasteiger partial charge in [-0.15, -0.1) is 0 Å². The van der Waals surface area contributed by atoms with Crippen LogP contribution in [0.1, 0.15) is 55.8 Å². The quantitative estimate of drug-likeness (QED) is 0.905. The van der Waals surface area contributed by atoms with Crippen molar-refractivity contribution >= 4 is 5.97 Å². The number of carboxylic acid groups (broad SMARTS) is 1. The zero-order valence-electron chi connectivity index (χ0n) is 11.4. The monoisotopic (exact) mass is 264 g/mol. The Morgan fingerprint density at radius 1 is 1.53 bits per heavy atom. The van der Waals surface area contributed by atoms with Gasteiger partial charge in [0.05, 0.1) is 0 Å². The second kappa shape index (κ2) is 5.65. The fourth-order valence-corrected chi connectivity index (χ4v) is 2.63. The van der Waals surface area contributed by atoms with Crippen LogP contribution in [0, 0.1) is 5.92 Å². The summed E-state index contributed by atoms with van der Waals surface area (Å²) in [5, 5.41) is 9.03. The summed E-state index contributed by atoms with van der Waals surface area (Å²) in [6, 6.07) is 1.41. The predicted molar refractivity (Wildman–Crippen MR) is 69.9 cm³/mol. The second-order valence-corrected chi connectivity index (χ2v) is 5.18. The maximum atomic E-state index is 11.0. The molecule has 0 radical (unpaired) electrons. The van der Waals surface area contributed by atoms with Gasteiger partial charge in [0.15, 0.2) is 11.5 Å². The lowest BCUT2D eigenvalue weighted by atomic mass is 9.79. The molecule has 0 atom stereocenters. The first-order valence-corrected chi connectivity index (χ1v) is 6.78. The van der Waals surface area contributed by atoms with Gasteiger partial charge < -0.3 is 9.84 Å². The SMILES string of the molecule is CCOC1(c2nccc(C(=O)O)n2)CCC(C)CC1. The summed E-state index contributed by atoms with van der Waals surface area (Å²) in [6.07, 6.45) is 5.32. The van der Waals surface area contributed by atoms with E-state index in [1.54, 1.807) is 0 Å². The Labute approximate surface area is 113 Å². The highest BCUT2D eigenvalue weighted by Crippen LogP contribution is 2.40. The standard InChI is InChI=1S/C14H20N2O3/c1-3-19-14(7-4-10(2)5-8-14)13-15-9-6-11(16-13)12(17)18/h6,9-10H,3-5,7-8H2,1-2H3,(H,17,18). The fourth-order valence-electron chi connectivity index (χ4n) is 2.63. The van der Waals surface area contributed by atoms with Crippen LogP contribution >= 0.6 is 0 Å². The molecule has 1 aliphatic rings. The number of carboxylic acids is 1. The number of aromatic nitrogens is 2. The third-order valence-corrected chi connectivity index (χ3v) is 3.78. The van der Waals surface area contributed by atoms with Crippen molar-refractivity contribution in [1.82, 2.24) is 9.97 Å². The summed E-state index contributed by atoms with van der Waals surface area (Å²) < 4.78 is 5.92. The molecule has 0 amide bonds. The molecule has 0 saturated heterocycles. The average Bonchev–Trinajstić information content (AvgIpc) is 2.42. The van der Waals surface area contributed by atoms with E-state index >= 15 is 0 Å². The Morgan fingerprint density at radius 2 is 2.21 bits per heavy atom. The first-order valence-electron chi connectivity index (χ1n) is 6.78. The Kier molecular flexibility index (Phi) is 4.14. The molecule has 5 heteroatoms. The molecule has 1 aliphatic carbocycles. The molecular formula is C14H20N2O3. The van der Waals surface area contributed by atoms with Crippen LogP contribution in [0.15, 0.2) is 12.3 Å². The normalized spacial score (nSPS) is 27.2. The zero-order valence-corrected chi connectivity index (χ0v) is 11.4. The van der Waals surface area contributed by atoms with Gasteiger partial charge in [-0.2, -0.15) is 0 Å². The maximum absolute atomic E-state index is 11.0. The minimum Gasteiger partial charge on any atom is -0.477 e. The van der Waals surface area contributed by atoms with Crippen molar-refractivity contribution in [1.29, 1.82) is 0 Å². The molecule has 0 aromatic carbocycles. The smallest absolute Gasteiger partial charge is 0.354 e. The molecule has 1 aromatic rings. The number of ether oxygens (including phenoxy) is 1. The van der Waals surface area contributed by atoms with Crippen LogP contribution < -0.4 is 0 Å². The highest BCUT2D eigenvalue weighted by molar-refractivity contribution is 5.85. The van der Waals surface area contributed by atoms with Crippen LogP contribution in [-0.2, 0) is 10.3 Å². The number of rotatable bonds is 4. The summed E-state index contributed by atoms with van der Waals surface area (Å²) in [5.41, 5.74) is -0.477. The highest BCUT2D eigenvalue weighted by Gasteiger charge is 2.39. The zero-order chi connectivity index (χ0) is 13.9. The van der Waals surface area contributed by atoms with Crippen molar-refractivity contribution in [3.05, 3.63) is 23.8 Å². The molecule has 1 fully saturated rings. The first kappa shape index (κ1) is 13.9. The van der Waals surface area contributed by atoms with Gasteiger partial charge in [0, 0.05) is 12.8 Å². The van der Waals surface area contributed by atoms with Crippen molar-refractivity contribution in [2.45, 2.75) is 45.1 Å². The minimum absolute atomic E-state index is 0.0303. The number of nitrogens with zero attached hydrogens (tertiary/aromatic N) is 2. The van der Waals surface area contributed by atoms with Crippen LogP contribution in [0.2, 0.25) is 0 Å². The van der Waals surface area contributed by atoms with Gasteiger partial charge in [-0.1, -0.05) is 6.92 Å². The van der Waals surface area contributed by atoms with Crippen LogP contribution in [0.5, 0.6) is 0 Å². The van der Waals surface area contributed by atoms with Gasteiger partial charge in [-0.3, -0.25) is 0 Å². The van der Waals surface area contributed by atoms with Gasteiger partial charge >= 0.3 is 5.97 Å². The van der Waals surface area contributed by atoms with E-state index < -0.39 is 11.6 Å². The lowest BCUT2D eigenvalue weighted by molar-refractivity contribution is -0.0838. The summed E-state index contributed by atoms with van der Waals surface area (Å²) in [7, 11) is 0. The minimum atomic E-state index is -1.03. The Hall–Kier alpha value is -1.49. The first-order chi connectivity index (χ1) is 9.07. The molecule has 19 heavy (non-hydrogen) atoms. The largest absolute Gasteiger partial charge is 0.477 e. The lowest BCUT2D eigenvalue weighted by Gasteiger charge is -2.37. The van der Waals surface area contributed by atoms with Gasteiger partial charge in [0.2, 0.25) is 0 Å². The molecule has 104 valence electrons. The van der Waals surface area contributed by atoms with E-state index in [2.05, 4.69) is 16.9 Å². The number of hydrogen-bond acceptors (Lipinski definition) is 4. The molecule has 1 heterocycles. The Balaban J connectivity index is 2.33. The van der Waals surface area contributed by atoms with Crippen LogP contribution in [0.4, 0.5) is 0 Å². The molecule has 0 bridgehead atoms. The van der Waals surface area contributed by atoms with Crippen molar-refractivity contribution in [3.63, 3.8) is 0 Å². The molecule has 1 saturated carbocycles. The van der Waals surface area contributed by atoms with Crippen molar-refractivity contribution in [2.75, 3.05) is 6.61 Å². The van der Waals surface area contributed by atoms with Crippen molar-refractivity contribution < 1.29 is 14.6 Å². The van der Waals surface area contributed by atoms with Crippen molar-refractivity contribution in [3.8, 4) is 0 Å². The average molecular weight is 264 g/mol. The predicted octanol–water partition coefficient (Wildman–Crippen LogP) is 2.62. The lowest BCUT2D eigenvalue weighted by Crippen LogP contribution is -2.36. The van der Waals surface area contributed by atoms with Gasteiger partial charge in [0.1, 0.15) is 5.60 Å². The molecule has 0 aliphatic heterocycles. The molecule has 5 nitrogen and oxygen atoms in total. The molecule has 0 unspecified atom stereocenters. The molecule has 1 aromatic heterocycles. The maximum Gasteiger partial charge on any atom is 0.354 e. The van der Waals surface area contributed by atoms with Gasteiger partial charge in [-0.25, -0.2) is 14.8 Å². The van der Waals surface area contributed by atoms with E-state index in [0.717, 1.165) is 25.7 Å². The molecular weight excluding hydrogens is 244 g/mol. The summed E-state index contributed by atoms with van der Waals surface area (Å²) in [5.74, 6) is 0.164. The fraction of sp³-hybridized carbons (Fsp3) is 0.643. The topological polar surface area (TPSA) is 72.3 Å². The summed E-state index contributed by atoms with van der Waals surface area (Å²) in [6.45, 7) is 4.75. The van der Waals surface area contributed by atoms with E-state index in [1.807, 2.05) is 6.92 Å². The van der Waals surface area contributed by atoms with Gasteiger partial charge in [0.25, 0.3) is 0 Å². The Morgan fingerprint density at radius 3 is 2.79 bits per heavy atom. The Bertz CT molecular complexity index is 454. The van der Waals surface area contributed by atoms with E-state index in [-0.39, 0.29) is 5.69 Å². The second-order valence-electron chi connectivity index (χ2n) is 5.18. The number of aromatic carboxylic acids is 1. The van der Waals surface area contributed by atoms with Gasteiger partial charge in [-0.05, 0) is 44.6 Å². The van der Waals surface area contributed by atoms with E-state index in [9.17, 15) is 4.79 Å². The van der Waals surface area contributed by atoms with E-state index in [4.69, 9.17) is 9.84 Å². The number of hydrogen-bond donors (Lipinski definition) is 1. The highest BCUT2D eigenvalue weighted by atomic mass is 16.5. The molecule has 1 N–H and O–H groups in total. The van der Waals surface area contributed by atoms with Crippen LogP contribution in [-0.4, -0.2) is 27.7 Å². The molecule has 2 rings (SSSR count). The van der Waals surface area contributed by atoms with E-state index in [1.165, 1.54) is 12.3 Å². The molecule has 0 spiro atoms. The summed E-state index contributed by atoms with van der Waals surface area (Å²) in [4.78, 5) is 19.5. The van der Waals surface area contributed by atoms with Crippen LogP contribution in [0.3, 0.4) is 0 Å².